The molecule has 0 aromatic carbocycles. The molecule has 1 unspecified atom stereocenters. The van der Waals surface area contributed by atoms with Gasteiger partial charge in [-0.3, -0.25) is 4.79 Å². The molecule has 1 aliphatic heterocycles. The minimum Gasteiger partial charge on any atom is -0.372 e. The first-order chi connectivity index (χ1) is 8.19. The van der Waals surface area contributed by atoms with Gasteiger partial charge in [-0.2, -0.15) is 0 Å². The summed E-state index contributed by atoms with van der Waals surface area (Å²) in [5.41, 5.74) is 0. The van der Waals surface area contributed by atoms with Crippen LogP contribution < -0.4 is 5.32 Å². The van der Waals surface area contributed by atoms with Crippen LogP contribution in [0.5, 0.6) is 0 Å². The van der Waals surface area contributed by atoms with Gasteiger partial charge in [-0.15, -0.1) is 0 Å². The SMILES string of the molecule is CCCN(CC1CCNCC1)C(=O)C(C)OC. The summed E-state index contributed by atoms with van der Waals surface area (Å²) in [6, 6.07) is 0. The number of amides is 1. The lowest BCUT2D eigenvalue weighted by molar-refractivity contribution is -0.141. The Bertz CT molecular complexity index is 227. The van der Waals surface area contributed by atoms with E-state index in [2.05, 4.69) is 12.2 Å². The average Bonchev–Trinajstić information content (AvgIpc) is 2.37. The second kappa shape index (κ2) is 7.67. The number of carbonyl (C=O) groups is 1. The molecule has 0 spiro atoms. The summed E-state index contributed by atoms with van der Waals surface area (Å²) < 4.78 is 5.12. The first-order valence-electron chi connectivity index (χ1n) is 6.71. The molecule has 0 saturated carbocycles. The second-order valence-corrected chi connectivity index (χ2v) is 4.86. The highest BCUT2D eigenvalue weighted by Crippen LogP contribution is 2.14. The van der Waals surface area contributed by atoms with Crippen LogP contribution >= 0.6 is 0 Å². The number of methoxy groups -OCH3 is 1. The molecule has 1 rings (SSSR count). The minimum atomic E-state index is -0.316. The maximum absolute atomic E-state index is 12.1. The largest absolute Gasteiger partial charge is 0.372 e. The number of piperidine rings is 1. The average molecular weight is 242 g/mol. The van der Waals surface area contributed by atoms with Crippen molar-refractivity contribution in [3.8, 4) is 0 Å². The van der Waals surface area contributed by atoms with Gasteiger partial charge in [0.25, 0.3) is 5.91 Å². The van der Waals surface area contributed by atoms with Crippen LogP contribution in [0.3, 0.4) is 0 Å². The van der Waals surface area contributed by atoms with Gasteiger partial charge in [0.05, 0.1) is 0 Å². The van der Waals surface area contributed by atoms with E-state index in [0.29, 0.717) is 5.92 Å². The number of rotatable bonds is 6. The fourth-order valence-electron chi connectivity index (χ4n) is 2.30. The highest BCUT2D eigenvalue weighted by molar-refractivity contribution is 5.80. The summed E-state index contributed by atoms with van der Waals surface area (Å²) in [5, 5.41) is 3.35. The molecule has 0 radical (unpaired) electrons. The lowest BCUT2D eigenvalue weighted by atomic mass is 9.97. The molecular formula is C13H26N2O2. The fourth-order valence-corrected chi connectivity index (χ4v) is 2.30. The lowest BCUT2D eigenvalue weighted by Crippen LogP contribution is -2.43. The van der Waals surface area contributed by atoms with E-state index in [0.717, 1.165) is 32.6 Å². The number of nitrogens with zero attached hydrogens (tertiary/aromatic N) is 1. The zero-order chi connectivity index (χ0) is 12.7. The Labute approximate surface area is 105 Å². The highest BCUT2D eigenvalue weighted by Gasteiger charge is 2.23. The normalized spacial score (nSPS) is 19.0. The summed E-state index contributed by atoms with van der Waals surface area (Å²) in [5.74, 6) is 0.781. The van der Waals surface area contributed by atoms with Crippen LogP contribution in [0.4, 0.5) is 0 Å². The van der Waals surface area contributed by atoms with Crippen molar-refractivity contribution in [2.24, 2.45) is 5.92 Å². The summed E-state index contributed by atoms with van der Waals surface area (Å²) in [6.45, 7) is 7.84. The molecular weight excluding hydrogens is 216 g/mol. The predicted molar refractivity (Wildman–Crippen MR) is 68.9 cm³/mol. The molecule has 1 atom stereocenters. The molecule has 0 aromatic heterocycles. The first kappa shape index (κ1) is 14.5. The molecule has 1 fully saturated rings. The molecule has 1 N–H and O–H groups in total. The van der Waals surface area contributed by atoms with E-state index in [4.69, 9.17) is 4.74 Å². The lowest BCUT2D eigenvalue weighted by Gasteiger charge is -2.31. The van der Waals surface area contributed by atoms with Crippen molar-refractivity contribution in [3.05, 3.63) is 0 Å². The molecule has 100 valence electrons. The van der Waals surface area contributed by atoms with Gasteiger partial charge in [-0.05, 0) is 45.2 Å². The van der Waals surface area contributed by atoms with Crippen molar-refractivity contribution in [1.29, 1.82) is 0 Å². The van der Waals surface area contributed by atoms with Gasteiger partial charge >= 0.3 is 0 Å². The molecule has 17 heavy (non-hydrogen) atoms. The van der Waals surface area contributed by atoms with Crippen LogP contribution in [0.2, 0.25) is 0 Å². The Hall–Kier alpha value is -0.610. The van der Waals surface area contributed by atoms with E-state index in [1.54, 1.807) is 7.11 Å². The monoisotopic (exact) mass is 242 g/mol. The van der Waals surface area contributed by atoms with Gasteiger partial charge in [-0.1, -0.05) is 6.92 Å². The number of carbonyl (C=O) groups excluding carboxylic acids is 1. The predicted octanol–water partition coefficient (Wildman–Crippen LogP) is 1.26. The Balaban J connectivity index is 2.48. The second-order valence-electron chi connectivity index (χ2n) is 4.86. The van der Waals surface area contributed by atoms with Crippen LogP contribution in [-0.4, -0.2) is 50.2 Å². The van der Waals surface area contributed by atoms with Gasteiger partial charge in [-0.25, -0.2) is 0 Å². The third-order valence-corrected chi connectivity index (χ3v) is 3.44. The van der Waals surface area contributed by atoms with Crippen molar-refractivity contribution < 1.29 is 9.53 Å². The maximum atomic E-state index is 12.1. The Morgan fingerprint density at radius 2 is 2.12 bits per heavy atom. The Morgan fingerprint density at radius 1 is 1.47 bits per heavy atom. The van der Waals surface area contributed by atoms with Gasteiger partial charge < -0.3 is 15.0 Å². The molecule has 1 heterocycles. The van der Waals surface area contributed by atoms with E-state index < -0.39 is 0 Å². The van der Waals surface area contributed by atoms with E-state index in [-0.39, 0.29) is 12.0 Å². The van der Waals surface area contributed by atoms with Crippen LogP contribution in [-0.2, 0) is 9.53 Å². The van der Waals surface area contributed by atoms with Gasteiger partial charge in [0.1, 0.15) is 6.10 Å². The molecule has 1 amide bonds. The van der Waals surface area contributed by atoms with Crippen LogP contribution in [0.1, 0.15) is 33.1 Å². The molecule has 0 aliphatic carbocycles. The van der Waals surface area contributed by atoms with Crippen LogP contribution in [0, 0.1) is 5.92 Å². The van der Waals surface area contributed by atoms with Crippen molar-refractivity contribution in [2.45, 2.75) is 39.2 Å². The summed E-state index contributed by atoms with van der Waals surface area (Å²) >= 11 is 0. The zero-order valence-electron chi connectivity index (χ0n) is 11.4. The smallest absolute Gasteiger partial charge is 0.251 e. The molecule has 0 bridgehead atoms. The Morgan fingerprint density at radius 3 is 2.65 bits per heavy atom. The third-order valence-electron chi connectivity index (χ3n) is 3.44. The van der Waals surface area contributed by atoms with Crippen LogP contribution in [0.25, 0.3) is 0 Å². The summed E-state index contributed by atoms with van der Waals surface area (Å²) in [6.07, 6.45) is 3.04. The van der Waals surface area contributed by atoms with Gasteiger partial charge in [0.2, 0.25) is 0 Å². The summed E-state index contributed by atoms with van der Waals surface area (Å²) in [4.78, 5) is 14.1. The standard InChI is InChI=1S/C13H26N2O2/c1-4-9-15(13(16)11(2)17-3)10-12-5-7-14-8-6-12/h11-12,14H,4-10H2,1-3H3. The molecule has 1 aliphatic rings. The van der Waals surface area contributed by atoms with Crippen LogP contribution in [0.15, 0.2) is 0 Å². The number of hydrogen-bond acceptors (Lipinski definition) is 3. The molecule has 4 nitrogen and oxygen atoms in total. The van der Waals surface area contributed by atoms with Crippen molar-refractivity contribution in [2.75, 3.05) is 33.3 Å². The minimum absolute atomic E-state index is 0.132. The van der Waals surface area contributed by atoms with E-state index in [1.165, 1.54) is 12.8 Å². The zero-order valence-corrected chi connectivity index (χ0v) is 11.4. The van der Waals surface area contributed by atoms with Gasteiger partial charge in [0, 0.05) is 20.2 Å². The highest BCUT2D eigenvalue weighted by atomic mass is 16.5. The number of hydrogen-bond donors (Lipinski definition) is 1. The van der Waals surface area contributed by atoms with Crippen molar-refractivity contribution in [3.63, 3.8) is 0 Å². The Kier molecular flexibility index (Phi) is 6.52. The van der Waals surface area contributed by atoms with Gasteiger partial charge in [0.15, 0.2) is 0 Å². The van der Waals surface area contributed by atoms with E-state index >= 15 is 0 Å². The topological polar surface area (TPSA) is 41.6 Å². The third kappa shape index (κ3) is 4.64. The van der Waals surface area contributed by atoms with E-state index in [9.17, 15) is 4.79 Å². The van der Waals surface area contributed by atoms with E-state index in [1.807, 2.05) is 11.8 Å². The molecule has 0 aromatic rings. The molecule has 4 heteroatoms. The number of nitrogens with one attached hydrogen (secondary N) is 1. The number of ether oxygens (including phenoxy) is 1. The quantitative estimate of drug-likeness (QED) is 0.762. The summed E-state index contributed by atoms with van der Waals surface area (Å²) in [7, 11) is 1.59. The maximum Gasteiger partial charge on any atom is 0.251 e. The van der Waals surface area contributed by atoms with Crippen molar-refractivity contribution >= 4 is 5.91 Å². The molecule has 1 saturated heterocycles. The van der Waals surface area contributed by atoms with Crippen molar-refractivity contribution in [1.82, 2.24) is 10.2 Å². The fraction of sp³-hybridized carbons (Fsp3) is 0.923. The first-order valence-corrected chi connectivity index (χ1v) is 6.71.